The summed E-state index contributed by atoms with van der Waals surface area (Å²) in [7, 11) is 0. The van der Waals surface area contributed by atoms with E-state index in [9.17, 15) is 9.59 Å². The zero-order valence-electron chi connectivity index (χ0n) is 20.4. The number of aryl methyl sites for hydroxylation is 2. The first-order valence-electron chi connectivity index (χ1n) is 11.9. The number of rotatable bonds is 10. The molecule has 8 heteroatoms. The average Bonchev–Trinajstić information content (AvgIpc) is 3.36. The van der Waals surface area contributed by atoms with Gasteiger partial charge in [-0.2, -0.15) is 0 Å². The molecule has 35 heavy (non-hydrogen) atoms. The lowest BCUT2D eigenvalue weighted by Crippen LogP contribution is -2.27. The third-order valence-corrected chi connectivity index (χ3v) is 6.70. The van der Waals surface area contributed by atoms with Crippen molar-refractivity contribution >= 4 is 28.6 Å². The summed E-state index contributed by atoms with van der Waals surface area (Å²) in [6, 6.07) is 13.5. The van der Waals surface area contributed by atoms with Crippen LogP contribution >= 0.6 is 11.8 Å². The van der Waals surface area contributed by atoms with Crippen molar-refractivity contribution in [2.75, 3.05) is 6.54 Å². The maximum absolute atomic E-state index is 13.3. The Hall–Kier alpha value is -3.39. The van der Waals surface area contributed by atoms with Crippen LogP contribution in [0.2, 0.25) is 0 Å². The highest BCUT2D eigenvalue weighted by molar-refractivity contribution is 7.98. The van der Waals surface area contributed by atoms with E-state index in [0.717, 1.165) is 13.0 Å². The summed E-state index contributed by atoms with van der Waals surface area (Å²) in [5.74, 6) is 0.852. The minimum atomic E-state index is -0.167. The Labute approximate surface area is 209 Å². The van der Waals surface area contributed by atoms with Crippen molar-refractivity contribution in [1.82, 2.24) is 24.4 Å². The lowest BCUT2D eigenvalue weighted by Gasteiger charge is -2.15. The molecule has 1 amide bonds. The van der Waals surface area contributed by atoms with E-state index in [1.54, 1.807) is 47.1 Å². The molecule has 7 nitrogen and oxygen atoms in total. The van der Waals surface area contributed by atoms with Crippen molar-refractivity contribution in [2.45, 2.75) is 51.2 Å². The highest BCUT2D eigenvalue weighted by atomic mass is 32.2. The molecule has 0 aliphatic carbocycles. The minimum Gasteiger partial charge on any atom is -0.352 e. The van der Waals surface area contributed by atoms with Gasteiger partial charge in [0.25, 0.3) is 11.5 Å². The zero-order chi connectivity index (χ0) is 24.8. The second-order valence-electron chi connectivity index (χ2n) is 9.12. The van der Waals surface area contributed by atoms with Crippen molar-refractivity contribution in [3.05, 3.63) is 88.2 Å². The molecule has 2 heterocycles. The molecule has 2 aromatic carbocycles. The highest BCUT2D eigenvalue weighted by Gasteiger charge is 2.15. The Morgan fingerprint density at radius 2 is 1.94 bits per heavy atom. The molecule has 182 valence electrons. The Bertz CT molecular complexity index is 1340. The molecule has 0 aliphatic heterocycles. The number of carbonyl (C=O) groups is 1. The number of imidazole rings is 1. The number of thioether (sulfide) groups is 1. The minimum absolute atomic E-state index is 0.0672. The zero-order valence-corrected chi connectivity index (χ0v) is 21.2. The maximum Gasteiger partial charge on any atom is 0.262 e. The molecule has 0 unspecified atom stereocenters. The van der Waals surface area contributed by atoms with E-state index in [1.165, 1.54) is 11.1 Å². The summed E-state index contributed by atoms with van der Waals surface area (Å²) >= 11 is 1.55. The van der Waals surface area contributed by atoms with Crippen LogP contribution in [0.4, 0.5) is 0 Å². The van der Waals surface area contributed by atoms with Gasteiger partial charge >= 0.3 is 0 Å². The van der Waals surface area contributed by atoms with Crippen molar-refractivity contribution in [3.63, 3.8) is 0 Å². The van der Waals surface area contributed by atoms with Crippen LogP contribution in [0.3, 0.4) is 0 Å². The first-order valence-corrected chi connectivity index (χ1v) is 12.9. The number of hydrogen-bond donors (Lipinski definition) is 1. The Balaban J connectivity index is 1.54. The quantitative estimate of drug-likeness (QED) is 0.199. The number of benzene rings is 2. The van der Waals surface area contributed by atoms with Crippen LogP contribution in [0.1, 0.15) is 41.8 Å². The van der Waals surface area contributed by atoms with Gasteiger partial charge in [0.2, 0.25) is 0 Å². The Morgan fingerprint density at radius 1 is 1.14 bits per heavy atom. The number of amides is 1. The van der Waals surface area contributed by atoms with Crippen LogP contribution in [-0.4, -0.2) is 31.6 Å². The van der Waals surface area contributed by atoms with Gasteiger partial charge in [-0.15, -0.1) is 0 Å². The molecule has 1 N–H and O–H groups in total. The third-order valence-electron chi connectivity index (χ3n) is 5.66. The van der Waals surface area contributed by atoms with E-state index in [-0.39, 0.29) is 11.5 Å². The molecule has 0 spiro atoms. The van der Waals surface area contributed by atoms with E-state index in [1.807, 2.05) is 10.8 Å². The molecule has 2 aromatic heterocycles. The SMILES string of the molecule is Cc1ccc(CSc2nc3cc(C(=O)NCCCn4ccnc4)ccc3c(=O)n2CC(C)C)cc1. The predicted octanol–water partition coefficient (Wildman–Crippen LogP) is 4.67. The summed E-state index contributed by atoms with van der Waals surface area (Å²) in [6.45, 7) is 8.18. The van der Waals surface area contributed by atoms with E-state index in [0.29, 0.717) is 46.4 Å². The molecule has 0 aliphatic rings. The molecule has 0 atom stereocenters. The van der Waals surface area contributed by atoms with Gasteiger partial charge in [0.1, 0.15) is 0 Å². The second-order valence-corrected chi connectivity index (χ2v) is 10.1. The lowest BCUT2D eigenvalue weighted by molar-refractivity contribution is 0.0953. The molecule has 0 saturated carbocycles. The van der Waals surface area contributed by atoms with Gasteiger partial charge in [-0.1, -0.05) is 55.4 Å². The van der Waals surface area contributed by atoms with Gasteiger partial charge in [0.05, 0.1) is 17.2 Å². The summed E-state index contributed by atoms with van der Waals surface area (Å²) in [5, 5.41) is 4.16. The highest BCUT2D eigenvalue weighted by Crippen LogP contribution is 2.23. The van der Waals surface area contributed by atoms with Crippen LogP contribution in [-0.2, 0) is 18.8 Å². The molecule has 4 rings (SSSR count). The maximum atomic E-state index is 13.3. The van der Waals surface area contributed by atoms with Crippen LogP contribution in [0, 0.1) is 12.8 Å². The lowest BCUT2D eigenvalue weighted by atomic mass is 10.1. The van der Waals surface area contributed by atoms with E-state index in [4.69, 9.17) is 4.98 Å². The standard InChI is InChI=1S/C27H31N5O2S/c1-19(2)16-32-26(34)23-10-9-22(25(33)29-11-4-13-31-14-12-28-18-31)15-24(23)30-27(32)35-17-21-7-5-20(3)6-8-21/h5-10,12,14-15,18-19H,4,11,13,16-17H2,1-3H3,(H,29,33). The fourth-order valence-electron chi connectivity index (χ4n) is 3.80. The number of carbonyl (C=O) groups excluding carboxylic acids is 1. The fraction of sp³-hybridized carbons (Fsp3) is 0.333. The number of fused-ring (bicyclic) bond motifs is 1. The summed E-state index contributed by atoms with van der Waals surface area (Å²) in [5.41, 5.74) is 3.37. The van der Waals surface area contributed by atoms with E-state index < -0.39 is 0 Å². The van der Waals surface area contributed by atoms with Crippen molar-refractivity contribution in [3.8, 4) is 0 Å². The van der Waals surface area contributed by atoms with Crippen LogP contribution in [0.25, 0.3) is 10.9 Å². The van der Waals surface area contributed by atoms with Crippen molar-refractivity contribution in [2.24, 2.45) is 5.92 Å². The molecular formula is C27H31N5O2S. The fourth-order valence-corrected chi connectivity index (χ4v) is 4.76. The third kappa shape index (κ3) is 6.39. The number of hydrogen-bond acceptors (Lipinski definition) is 5. The summed E-state index contributed by atoms with van der Waals surface area (Å²) < 4.78 is 3.74. The molecule has 0 fully saturated rings. The van der Waals surface area contributed by atoms with Crippen LogP contribution < -0.4 is 10.9 Å². The second kappa shape index (κ2) is 11.4. The van der Waals surface area contributed by atoms with Crippen molar-refractivity contribution < 1.29 is 4.79 Å². The number of nitrogens with one attached hydrogen (secondary N) is 1. The number of nitrogens with zero attached hydrogens (tertiary/aromatic N) is 4. The normalized spacial score (nSPS) is 11.3. The van der Waals surface area contributed by atoms with Gasteiger partial charge in [0, 0.05) is 43.3 Å². The summed E-state index contributed by atoms with van der Waals surface area (Å²) in [4.78, 5) is 34.9. The smallest absolute Gasteiger partial charge is 0.262 e. The molecule has 4 aromatic rings. The van der Waals surface area contributed by atoms with Gasteiger partial charge in [-0.3, -0.25) is 14.2 Å². The first-order chi connectivity index (χ1) is 16.9. The van der Waals surface area contributed by atoms with Crippen LogP contribution in [0.15, 0.2) is 71.1 Å². The van der Waals surface area contributed by atoms with Gasteiger partial charge < -0.3 is 9.88 Å². The van der Waals surface area contributed by atoms with E-state index in [2.05, 4.69) is 55.3 Å². The molecule has 0 radical (unpaired) electrons. The molecule has 0 saturated heterocycles. The first kappa shape index (κ1) is 24.7. The topological polar surface area (TPSA) is 81.8 Å². The monoisotopic (exact) mass is 489 g/mol. The van der Waals surface area contributed by atoms with Gasteiger partial charge in [0.15, 0.2) is 5.16 Å². The van der Waals surface area contributed by atoms with Crippen molar-refractivity contribution in [1.29, 1.82) is 0 Å². The largest absolute Gasteiger partial charge is 0.352 e. The Kier molecular flexibility index (Phi) is 8.02. The molecule has 0 bridgehead atoms. The van der Waals surface area contributed by atoms with E-state index >= 15 is 0 Å². The Morgan fingerprint density at radius 3 is 2.66 bits per heavy atom. The van der Waals surface area contributed by atoms with Crippen LogP contribution in [0.5, 0.6) is 0 Å². The van der Waals surface area contributed by atoms with Gasteiger partial charge in [-0.05, 0) is 43.0 Å². The average molecular weight is 490 g/mol. The van der Waals surface area contributed by atoms with Gasteiger partial charge in [-0.25, -0.2) is 9.97 Å². The summed E-state index contributed by atoms with van der Waals surface area (Å²) in [6.07, 6.45) is 6.20. The molecular weight excluding hydrogens is 458 g/mol. The predicted molar refractivity (Wildman–Crippen MR) is 141 cm³/mol. The number of aromatic nitrogens is 4.